The topological polar surface area (TPSA) is 32.3 Å². The van der Waals surface area contributed by atoms with Crippen molar-refractivity contribution in [2.75, 3.05) is 0 Å². The summed E-state index contributed by atoms with van der Waals surface area (Å²) in [6.45, 7) is 0.368. The lowest BCUT2D eigenvalue weighted by atomic mass is 10.1. The molecule has 20 heavy (non-hydrogen) atoms. The van der Waals surface area contributed by atoms with Crippen molar-refractivity contribution in [1.29, 1.82) is 0 Å². The van der Waals surface area contributed by atoms with Crippen LogP contribution in [0.4, 0.5) is 8.78 Å². The van der Waals surface area contributed by atoms with Gasteiger partial charge in [-0.1, -0.05) is 24.3 Å². The largest absolute Gasteiger partial charge is 0.503 e. The van der Waals surface area contributed by atoms with Crippen LogP contribution >= 0.6 is 0 Å². The first-order valence-electron chi connectivity index (χ1n) is 6.63. The van der Waals surface area contributed by atoms with E-state index in [1.54, 1.807) is 0 Å². The number of halogens is 2. The van der Waals surface area contributed by atoms with Gasteiger partial charge in [0.2, 0.25) is 0 Å². The van der Waals surface area contributed by atoms with Crippen molar-refractivity contribution in [2.24, 2.45) is 0 Å². The quantitative estimate of drug-likeness (QED) is 0.899. The second-order valence-electron chi connectivity index (χ2n) is 5.08. The smallest absolute Gasteiger partial charge is 0.187 e. The molecule has 0 saturated carbocycles. The van der Waals surface area contributed by atoms with E-state index in [4.69, 9.17) is 5.11 Å². The van der Waals surface area contributed by atoms with Crippen molar-refractivity contribution < 1.29 is 13.9 Å². The van der Waals surface area contributed by atoms with Gasteiger partial charge in [0.05, 0.1) is 0 Å². The van der Waals surface area contributed by atoms with E-state index in [1.165, 1.54) is 11.1 Å². The third-order valence-electron chi connectivity index (χ3n) is 3.76. The van der Waals surface area contributed by atoms with Crippen LogP contribution in [-0.2, 0) is 13.0 Å². The highest BCUT2D eigenvalue weighted by Gasteiger charge is 2.21. The van der Waals surface area contributed by atoms with Gasteiger partial charge in [0.15, 0.2) is 17.4 Å². The highest BCUT2D eigenvalue weighted by molar-refractivity contribution is 5.35. The number of phenols is 1. The van der Waals surface area contributed by atoms with Gasteiger partial charge in [0.1, 0.15) is 0 Å². The maximum atomic E-state index is 13.3. The van der Waals surface area contributed by atoms with Crippen molar-refractivity contribution in [1.82, 2.24) is 5.32 Å². The number of fused-ring (bicyclic) bond motifs is 1. The number of aryl methyl sites for hydroxylation is 1. The Bertz CT molecular complexity index is 619. The zero-order valence-corrected chi connectivity index (χ0v) is 10.9. The third kappa shape index (κ3) is 2.39. The van der Waals surface area contributed by atoms with Crippen LogP contribution in [0.5, 0.6) is 5.75 Å². The van der Waals surface area contributed by atoms with E-state index in [1.807, 2.05) is 12.1 Å². The van der Waals surface area contributed by atoms with Crippen molar-refractivity contribution in [3.8, 4) is 5.75 Å². The normalized spacial score (nSPS) is 17.2. The highest BCUT2D eigenvalue weighted by atomic mass is 19.1. The summed E-state index contributed by atoms with van der Waals surface area (Å²) in [6, 6.07) is 10.7. The number of benzene rings is 2. The molecule has 0 heterocycles. The second kappa shape index (κ2) is 5.21. The first-order valence-corrected chi connectivity index (χ1v) is 6.63. The number of aromatic hydroxyl groups is 1. The molecule has 0 amide bonds. The van der Waals surface area contributed by atoms with E-state index < -0.39 is 17.4 Å². The number of hydrogen-bond donors (Lipinski definition) is 2. The molecule has 1 aliphatic carbocycles. The molecular weight excluding hydrogens is 260 g/mol. The summed E-state index contributed by atoms with van der Waals surface area (Å²) in [4.78, 5) is 0. The molecule has 0 fully saturated rings. The second-order valence-corrected chi connectivity index (χ2v) is 5.08. The Morgan fingerprint density at radius 1 is 1.15 bits per heavy atom. The van der Waals surface area contributed by atoms with E-state index in [9.17, 15) is 8.78 Å². The predicted octanol–water partition coefficient (Wildman–Crippen LogP) is 3.45. The minimum absolute atomic E-state index is 0.214. The van der Waals surface area contributed by atoms with Crippen LogP contribution < -0.4 is 5.32 Å². The van der Waals surface area contributed by atoms with Gasteiger partial charge in [0, 0.05) is 12.6 Å². The summed E-state index contributed by atoms with van der Waals surface area (Å²) in [5, 5.41) is 12.4. The molecule has 2 aromatic rings. The highest BCUT2D eigenvalue weighted by Crippen LogP contribution is 2.31. The molecule has 0 radical (unpaired) electrons. The molecule has 4 heteroatoms. The Hall–Kier alpha value is -1.94. The lowest BCUT2D eigenvalue weighted by Crippen LogP contribution is -2.18. The molecule has 2 aromatic carbocycles. The number of phenolic OH excluding ortho intramolecular Hbond substituents is 1. The summed E-state index contributed by atoms with van der Waals surface area (Å²) >= 11 is 0. The van der Waals surface area contributed by atoms with Crippen molar-refractivity contribution in [3.63, 3.8) is 0 Å². The van der Waals surface area contributed by atoms with Gasteiger partial charge in [-0.15, -0.1) is 0 Å². The van der Waals surface area contributed by atoms with Crippen LogP contribution in [0, 0.1) is 11.6 Å². The molecule has 2 N–H and O–H groups in total. The molecule has 0 spiro atoms. The van der Waals surface area contributed by atoms with E-state index in [0.29, 0.717) is 12.1 Å². The number of hydrogen-bond acceptors (Lipinski definition) is 2. The Morgan fingerprint density at radius 3 is 2.60 bits per heavy atom. The van der Waals surface area contributed by atoms with Gasteiger partial charge >= 0.3 is 0 Å². The summed E-state index contributed by atoms with van der Waals surface area (Å²) in [7, 11) is 0. The Kier molecular flexibility index (Phi) is 3.40. The average molecular weight is 275 g/mol. The molecule has 0 aliphatic heterocycles. The van der Waals surface area contributed by atoms with Gasteiger partial charge in [-0.3, -0.25) is 0 Å². The monoisotopic (exact) mass is 275 g/mol. The van der Waals surface area contributed by atoms with Gasteiger partial charge in [0.25, 0.3) is 0 Å². The molecule has 1 aliphatic rings. The van der Waals surface area contributed by atoms with Gasteiger partial charge < -0.3 is 10.4 Å². The van der Waals surface area contributed by atoms with E-state index in [-0.39, 0.29) is 6.04 Å². The van der Waals surface area contributed by atoms with Crippen molar-refractivity contribution >= 4 is 0 Å². The maximum absolute atomic E-state index is 13.3. The van der Waals surface area contributed by atoms with Crippen molar-refractivity contribution in [3.05, 3.63) is 64.7 Å². The fourth-order valence-electron chi connectivity index (χ4n) is 2.73. The number of nitrogens with one attached hydrogen (secondary N) is 1. The lowest BCUT2D eigenvalue weighted by molar-refractivity contribution is 0.394. The van der Waals surface area contributed by atoms with E-state index in [0.717, 1.165) is 25.0 Å². The maximum Gasteiger partial charge on any atom is 0.187 e. The van der Waals surface area contributed by atoms with Crippen LogP contribution in [-0.4, -0.2) is 5.11 Å². The zero-order valence-electron chi connectivity index (χ0n) is 10.9. The van der Waals surface area contributed by atoms with Crippen LogP contribution in [0.2, 0.25) is 0 Å². The molecule has 2 nitrogen and oxygen atoms in total. The standard InChI is InChI=1S/C16H15F2NO/c17-13-7-10(8-14(18)16(13)20)9-19-15-6-5-11-3-1-2-4-12(11)15/h1-4,7-8,15,19-20H,5-6,9H2. The third-order valence-corrected chi connectivity index (χ3v) is 3.76. The first kappa shape index (κ1) is 13.1. The Balaban J connectivity index is 1.72. The fraction of sp³-hybridized carbons (Fsp3) is 0.250. The average Bonchev–Trinajstić information content (AvgIpc) is 2.85. The minimum Gasteiger partial charge on any atom is -0.503 e. The van der Waals surface area contributed by atoms with Gasteiger partial charge in [-0.25, -0.2) is 8.78 Å². The Labute approximate surface area is 116 Å². The predicted molar refractivity (Wildman–Crippen MR) is 72.4 cm³/mol. The zero-order chi connectivity index (χ0) is 14.1. The molecule has 3 rings (SSSR count). The van der Waals surface area contributed by atoms with Crippen LogP contribution in [0.25, 0.3) is 0 Å². The molecule has 104 valence electrons. The minimum atomic E-state index is -0.923. The molecular formula is C16H15F2NO. The lowest BCUT2D eigenvalue weighted by Gasteiger charge is -2.14. The van der Waals surface area contributed by atoms with Crippen LogP contribution in [0.3, 0.4) is 0 Å². The van der Waals surface area contributed by atoms with Crippen LogP contribution in [0.1, 0.15) is 29.2 Å². The summed E-state index contributed by atoms with van der Waals surface area (Å²) < 4.78 is 26.5. The Morgan fingerprint density at radius 2 is 1.85 bits per heavy atom. The van der Waals surface area contributed by atoms with Gasteiger partial charge in [-0.2, -0.15) is 0 Å². The molecule has 0 saturated heterocycles. The van der Waals surface area contributed by atoms with E-state index >= 15 is 0 Å². The summed E-state index contributed by atoms with van der Waals surface area (Å²) in [5.74, 6) is -2.76. The summed E-state index contributed by atoms with van der Waals surface area (Å²) in [6.07, 6.45) is 2.01. The fourth-order valence-corrected chi connectivity index (χ4v) is 2.73. The van der Waals surface area contributed by atoms with Crippen LogP contribution in [0.15, 0.2) is 36.4 Å². The van der Waals surface area contributed by atoms with Crippen molar-refractivity contribution in [2.45, 2.75) is 25.4 Å². The molecule has 1 atom stereocenters. The molecule has 0 bridgehead atoms. The SMILES string of the molecule is Oc1c(F)cc(CNC2CCc3ccccc32)cc1F. The molecule has 1 unspecified atom stereocenters. The number of rotatable bonds is 3. The van der Waals surface area contributed by atoms with Gasteiger partial charge in [-0.05, 0) is 41.7 Å². The summed E-state index contributed by atoms with van der Waals surface area (Å²) in [5.41, 5.74) is 3.07. The molecule has 0 aromatic heterocycles. The van der Waals surface area contributed by atoms with E-state index in [2.05, 4.69) is 17.4 Å². The first-order chi connectivity index (χ1) is 9.65.